The lowest BCUT2D eigenvalue weighted by Crippen LogP contribution is -2.59. The molecule has 1 heterocycles. The van der Waals surface area contributed by atoms with Gasteiger partial charge in [0.25, 0.3) is 5.91 Å². The second-order valence-corrected chi connectivity index (χ2v) is 11.6. The van der Waals surface area contributed by atoms with E-state index < -0.39 is 58.7 Å². The fraction of sp³-hybridized carbons (Fsp3) is 0.750. The van der Waals surface area contributed by atoms with E-state index in [1.165, 1.54) is 17.4 Å². The zero-order valence-corrected chi connectivity index (χ0v) is 24.9. The lowest BCUT2D eigenvalue weighted by Gasteiger charge is -2.36. The second kappa shape index (κ2) is 16.1. The molecular weight excluding hydrogens is 488 g/mol. The molecule has 0 aromatic carbocycles. The number of nitrogens with one attached hydrogen (secondary N) is 3. The third kappa shape index (κ3) is 12.1. The van der Waals surface area contributed by atoms with Crippen LogP contribution in [-0.2, 0) is 23.9 Å². The molecule has 3 N–H and O–H groups in total. The summed E-state index contributed by atoms with van der Waals surface area (Å²) >= 11 is 0. The first-order valence-corrected chi connectivity index (χ1v) is 13.6. The minimum absolute atomic E-state index is 0.140. The normalized spacial score (nSPS) is 16.8. The number of rotatable bonds is 10. The van der Waals surface area contributed by atoms with Crippen molar-refractivity contribution in [2.24, 2.45) is 5.41 Å². The Labute approximate surface area is 228 Å². The largest absolute Gasteiger partial charge is 0.444 e. The van der Waals surface area contributed by atoms with Crippen molar-refractivity contribution in [1.29, 1.82) is 0 Å². The predicted octanol–water partition coefficient (Wildman–Crippen LogP) is 3.49. The minimum Gasteiger partial charge on any atom is -0.444 e. The highest BCUT2D eigenvalue weighted by atomic mass is 16.6. The smallest absolute Gasteiger partial charge is 0.408 e. The number of Topliss-reactive ketones (excluding diaryl/α,β-unsaturated/α-hetero) is 1. The standard InChI is InChI=1S/C25H42N4O6.C3H8/c1-9-12-16(18(30)21(32)26-14-10-2)27-20(31)17-13-11-15-29(17)22(33)19(24(3,4)5)28-23(34)35-25(6,7)8;1-3-2/h10,16-17,19H,2,9,11-15H2,1,3-8H3,(H,26,32)(H,27,31)(H,28,34);3H2,1-2H3. The Morgan fingerprint density at radius 1 is 1.03 bits per heavy atom. The van der Waals surface area contributed by atoms with Crippen LogP contribution in [0.15, 0.2) is 12.7 Å². The van der Waals surface area contributed by atoms with Gasteiger partial charge in [-0.05, 0) is 45.4 Å². The van der Waals surface area contributed by atoms with Crippen LogP contribution < -0.4 is 16.0 Å². The first-order chi connectivity index (χ1) is 17.5. The first-order valence-electron chi connectivity index (χ1n) is 13.6. The van der Waals surface area contributed by atoms with Crippen LogP contribution in [0.5, 0.6) is 0 Å². The predicted molar refractivity (Wildman–Crippen MR) is 148 cm³/mol. The van der Waals surface area contributed by atoms with Gasteiger partial charge in [0.1, 0.15) is 17.7 Å². The summed E-state index contributed by atoms with van der Waals surface area (Å²) in [5, 5.41) is 7.77. The van der Waals surface area contributed by atoms with Gasteiger partial charge >= 0.3 is 6.09 Å². The number of carbonyl (C=O) groups excluding carboxylic acids is 5. The zero-order chi connectivity index (χ0) is 29.7. The third-order valence-corrected chi connectivity index (χ3v) is 5.45. The summed E-state index contributed by atoms with van der Waals surface area (Å²) in [6.45, 7) is 20.7. The van der Waals surface area contributed by atoms with Gasteiger partial charge in [-0.2, -0.15) is 0 Å². The number of likely N-dealkylation sites (tertiary alicyclic amines) is 1. The molecule has 10 nitrogen and oxygen atoms in total. The summed E-state index contributed by atoms with van der Waals surface area (Å²) < 4.78 is 5.33. The molecular formula is C28H50N4O6. The second-order valence-electron chi connectivity index (χ2n) is 11.6. The highest BCUT2D eigenvalue weighted by Crippen LogP contribution is 2.26. The van der Waals surface area contributed by atoms with Crippen LogP contribution in [0, 0.1) is 5.41 Å². The monoisotopic (exact) mass is 538 g/mol. The molecule has 4 amide bonds. The summed E-state index contributed by atoms with van der Waals surface area (Å²) in [5.74, 6) is -2.43. The summed E-state index contributed by atoms with van der Waals surface area (Å²) in [7, 11) is 0. The van der Waals surface area contributed by atoms with Crippen molar-refractivity contribution in [3.05, 3.63) is 12.7 Å². The van der Waals surface area contributed by atoms with Crippen LogP contribution in [0.25, 0.3) is 0 Å². The number of carbonyl (C=O) groups is 5. The molecule has 3 unspecified atom stereocenters. The average molecular weight is 539 g/mol. The molecule has 0 radical (unpaired) electrons. The molecule has 0 spiro atoms. The van der Waals surface area contributed by atoms with E-state index in [2.05, 4.69) is 36.4 Å². The van der Waals surface area contributed by atoms with Gasteiger partial charge in [-0.15, -0.1) is 6.58 Å². The van der Waals surface area contributed by atoms with Gasteiger partial charge < -0.3 is 25.6 Å². The maximum Gasteiger partial charge on any atom is 0.408 e. The van der Waals surface area contributed by atoms with Crippen molar-refractivity contribution in [3.8, 4) is 0 Å². The maximum absolute atomic E-state index is 13.5. The Kier molecular flexibility index (Phi) is 14.9. The number of hydrogen-bond acceptors (Lipinski definition) is 6. The molecule has 0 bridgehead atoms. The van der Waals surface area contributed by atoms with Crippen molar-refractivity contribution < 1.29 is 28.7 Å². The van der Waals surface area contributed by atoms with Crippen LogP contribution in [0.2, 0.25) is 0 Å². The van der Waals surface area contributed by atoms with Gasteiger partial charge in [-0.25, -0.2) is 4.79 Å². The Hall–Kier alpha value is -2.91. The van der Waals surface area contributed by atoms with Crippen molar-refractivity contribution in [2.45, 2.75) is 118 Å². The Bertz CT molecular complexity index is 828. The van der Waals surface area contributed by atoms with E-state index in [1.54, 1.807) is 20.8 Å². The third-order valence-electron chi connectivity index (χ3n) is 5.45. The van der Waals surface area contributed by atoms with E-state index in [9.17, 15) is 24.0 Å². The van der Waals surface area contributed by atoms with E-state index in [-0.39, 0.29) is 13.0 Å². The van der Waals surface area contributed by atoms with Crippen molar-refractivity contribution in [3.63, 3.8) is 0 Å². The molecule has 1 fully saturated rings. The van der Waals surface area contributed by atoms with Crippen LogP contribution >= 0.6 is 0 Å². The van der Waals surface area contributed by atoms with Gasteiger partial charge in [-0.3, -0.25) is 19.2 Å². The molecule has 0 aromatic rings. The quantitative estimate of drug-likeness (QED) is 0.288. The summed E-state index contributed by atoms with van der Waals surface area (Å²) in [4.78, 5) is 65.2. The number of hydrogen-bond donors (Lipinski definition) is 3. The molecule has 218 valence electrons. The molecule has 1 saturated heterocycles. The fourth-order valence-corrected chi connectivity index (χ4v) is 3.78. The topological polar surface area (TPSA) is 134 Å². The Morgan fingerprint density at radius 3 is 2.08 bits per heavy atom. The molecule has 1 aliphatic heterocycles. The molecule has 0 aliphatic carbocycles. The minimum atomic E-state index is -0.992. The van der Waals surface area contributed by atoms with E-state index in [0.717, 1.165) is 0 Å². The fourth-order valence-electron chi connectivity index (χ4n) is 3.78. The highest BCUT2D eigenvalue weighted by molar-refractivity contribution is 6.38. The van der Waals surface area contributed by atoms with Crippen LogP contribution in [0.4, 0.5) is 4.79 Å². The number of amides is 4. The number of ether oxygens (including phenoxy) is 1. The van der Waals surface area contributed by atoms with Crippen molar-refractivity contribution in [1.82, 2.24) is 20.9 Å². The zero-order valence-electron chi connectivity index (χ0n) is 24.9. The first kappa shape index (κ1) is 35.1. The van der Waals surface area contributed by atoms with Crippen molar-refractivity contribution >= 4 is 29.6 Å². The van der Waals surface area contributed by atoms with E-state index in [0.29, 0.717) is 25.8 Å². The van der Waals surface area contributed by atoms with Gasteiger partial charge in [0.05, 0.1) is 6.04 Å². The molecule has 0 saturated carbocycles. The molecule has 3 atom stereocenters. The lowest BCUT2D eigenvalue weighted by atomic mass is 9.85. The molecule has 38 heavy (non-hydrogen) atoms. The van der Waals surface area contributed by atoms with Gasteiger partial charge in [0.2, 0.25) is 17.6 Å². The maximum atomic E-state index is 13.5. The SMILES string of the molecule is C=CCNC(=O)C(=O)C(CCC)NC(=O)C1CCCN1C(=O)C(NC(=O)OC(C)(C)C)C(C)(C)C.CCC. The number of nitrogens with zero attached hydrogens (tertiary/aromatic N) is 1. The van der Waals surface area contributed by atoms with Gasteiger partial charge in [0.15, 0.2) is 0 Å². The molecule has 1 aliphatic rings. The lowest BCUT2D eigenvalue weighted by molar-refractivity contribution is -0.144. The van der Waals surface area contributed by atoms with E-state index in [1.807, 2.05) is 27.7 Å². The van der Waals surface area contributed by atoms with Crippen LogP contribution in [0.1, 0.15) is 94.4 Å². The number of ketones is 1. The number of alkyl carbamates (subject to hydrolysis) is 1. The average Bonchev–Trinajstić information content (AvgIpc) is 3.28. The van der Waals surface area contributed by atoms with Gasteiger partial charge in [0, 0.05) is 13.1 Å². The van der Waals surface area contributed by atoms with E-state index >= 15 is 0 Å². The van der Waals surface area contributed by atoms with Gasteiger partial charge in [-0.1, -0.05) is 60.5 Å². The highest BCUT2D eigenvalue weighted by Gasteiger charge is 2.43. The molecule has 10 heteroatoms. The van der Waals surface area contributed by atoms with Crippen LogP contribution in [-0.4, -0.2) is 71.3 Å². The molecule has 1 rings (SSSR count). The Morgan fingerprint density at radius 2 is 1.61 bits per heavy atom. The summed E-state index contributed by atoms with van der Waals surface area (Å²) in [5.41, 5.74) is -1.38. The van der Waals surface area contributed by atoms with Crippen molar-refractivity contribution in [2.75, 3.05) is 13.1 Å². The Balaban J connectivity index is 0.00000434. The van der Waals surface area contributed by atoms with E-state index in [4.69, 9.17) is 4.74 Å². The van der Waals surface area contributed by atoms with Crippen LogP contribution in [0.3, 0.4) is 0 Å². The molecule has 0 aromatic heterocycles. The summed E-state index contributed by atoms with van der Waals surface area (Å²) in [6.07, 6.45) is 3.86. The summed E-state index contributed by atoms with van der Waals surface area (Å²) in [6, 6.07) is -2.73.